The molecule has 0 aliphatic rings. The van der Waals surface area contributed by atoms with Crippen LogP contribution in [0, 0.1) is 0 Å². The van der Waals surface area contributed by atoms with Gasteiger partial charge in [0.15, 0.2) is 0 Å². The summed E-state index contributed by atoms with van der Waals surface area (Å²) in [6.07, 6.45) is 5.87. The highest BCUT2D eigenvalue weighted by molar-refractivity contribution is 5.65. The lowest BCUT2D eigenvalue weighted by atomic mass is 9.99. The van der Waals surface area contributed by atoms with Crippen LogP contribution in [0.15, 0.2) is 0 Å². The van der Waals surface area contributed by atoms with Gasteiger partial charge in [-0.2, -0.15) is 0 Å². The van der Waals surface area contributed by atoms with Gasteiger partial charge < -0.3 is 16.2 Å². The quantitative estimate of drug-likeness (QED) is 0.610. The van der Waals surface area contributed by atoms with E-state index in [2.05, 4.69) is 0 Å². The fourth-order valence-corrected chi connectivity index (χ4v) is 1.55. The number of primary amides is 1. The monoisotopic (exact) mass is 216 g/mol. The van der Waals surface area contributed by atoms with Crippen LogP contribution in [0.3, 0.4) is 0 Å². The van der Waals surface area contributed by atoms with Crippen molar-refractivity contribution < 1.29 is 9.53 Å². The molecule has 0 rings (SSSR count). The highest BCUT2D eigenvalue weighted by atomic mass is 16.6. The van der Waals surface area contributed by atoms with E-state index < -0.39 is 11.7 Å². The minimum Gasteiger partial charge on any atom is -0.444 e. The molecule has 0 unspecified atom stereocenters. The third kappa shape index (κ3) is 9.53. The molecule has 15 heavy (non-hydrogen) atoms. The summed E-state index contributed by atoms with van der Waals surface area (Å²) in [6, 6.07) is 0. The number of rotatable bonds is 8. The molecule has 0 aliphatic heterocycles. The predicted molar refractivity (Wildman–Crippen MR) is 61.5 cm³/mol. The summed E-state index contributed by atoms with van der Waals surface area (Å²) in [4.78, 5) is 10.6. The van der Waals surface area contributed by atoms with Gasteiger partial charge in [0.2, 0.25) is 0 Å². The number of amides is 1. The Morgan fingerprint density at radius 2 is 1.67 bits per heavy atom. The second kappa shape index (κ2) is 7.51. The van der Waals surface area contributed by atoms with Gasteiger partial charge in [-0.25, -0.2) is 4.79 Å². The predicted octanol–water partition coefficient (Wildman–Crippen LogP) is 2.16. The van der Waals surface area contributed by atoms with Gasteiger partial charge in [-0.3, -0.25) is 0 Å². The highest BCUT2D eigenvalue weighted by Gasteiger charge is 2.20. The molecule has 90 valence electrons. The molecule has 0 atom stereocenters. The van der Waals surface area contributed by atoms with Crippen LogP contribution in [-0.2, 0) is 4.74 Å². The summed E-state index contributed by atoms with van der Waals surface area (Å²) in [5, 5.41) is 0. The molecule has 0 aromatic heterocycles. The fourth-order valence-electron chi connectivity index (χ4n) is 1.55. The summed E-state index contributed by atoms with van der Waals surface area (Å²) in [6.45, 7) is 4.55. The van der Waals surface area contributed by atoms with Crippen molar-refractivity contribution in [3.8, 4) is 0 Å². The van der Waals surface area contributed by atoms with E-state index in [1.54, 1.807) is 0 Å². The van der Waals surface area contributed by atoms with Gasteiger partial charge in [0, 0.05) is 0 Å². The molecular weight excluding hydrogens is 192 g/mol. The van der Waals surface area contributed by atoms with Gasteiger partial charge in [-0.15, -0.1) is 0 Å². The lowest BCUT2D eigenvalue weighted by Gasteiger charge is -2.23. The summed E-state index contributed by atoms with van der Waals surface area (Å²) in [5.74, 6) is 0. The molecule has 0 saturated heterocycles. The number of hydrogen-bond acceptors (Lipinski definition) is 3. The summed E-state index contributed by atoms with van der Waals surface area (Å²) < 4.78 is 4.98. The first kappa shape index (κ1) is 14.2. The zero-order chi connectivity index (χ0) is 11.7. The first-order valence-electron chi connectivity index (χ1n) is 5.66. The third-order valence-corrected chi connectivity index (χ3v) is 2.36. The Labute approximate surface area is 92.3 Å². The van der Waals surface area contributed by atoms with Crippen LogP contribution in [-0.4, -0.2) is 18.2 Å². The van der Waals surface area contributed by atoms with Crippen molar-refractivity contribution >= 4 is 6.09 Å². The number of nitrogens with two attached hydrogens (primary N) is 2. The molecule has 0 radical (unpaired) electrons. The number of unbranched alkanes of at least 4 members (excludes halogenated alkanes) is 4. The minimum atomic E-state index is -0.692. The zero-order valence-corrected chi connectivity index (χ0v) is 9.92. The van der Waals surface area contributed by atoms with Crippen LogP contribution >= 0.6 is 0 Å². The topological polar surface area (TPSA) is 78.3 Å². The van der Waals surface area contributed by atoms with Crippen molar-refractivity contribution in [3.05, 3.63) is 0 Å². The average Bonchev–Trinajstić information content (AvgIpc) is 2.08. The van der Waals surface area contributed by atoms with E-state index in [1.807, 2.05) is 13.8 Å². The Hall–Kier alpha value is -0.770. The molecule has 0 aromatic rings. The molecule has 4 heteroatoms. The Balaban J connectivity index is 3.44. The molecule has 1 amide bonds. The van der Waals surface area contributed by atoms with E-state index in [0.29, 0.717) is 0 Å². The van der Waals surface area contributed by atoms with Gasteiger partial charge >= 0.3 is 6.09 Å². The molecule has 4 nitrogen and oxygen atoms in total. The molecule has 0 saturated carbocycles. The van der Waals surface area contributed by atoms with Crippen molar-refractivity contribution in [1.82, 2.24) is 0 Å². The summed E-state index contributed by atoms with van der Waals surface area (Å²) >= 11 is 0. The number of hydrogen-bond donors (Lipinski definition) is 2. The maximum absolute atomic E-state index is 10.6. The molecule has 0 bridgehead atoms. The second-order valence-electron chi connectivity index (χ2n) is 4.49. The smallest absolute Gasteiger partial charge is 0.405 e. The van der Waals surface area contributed by atoms with E-state index in [9.17, 15) is 4.79 Å². The van der Waals surface area contributed by atoms with Crippen LogP contribution in [0.25, 0.3) is 0 Å². The minimum absolute atomic E-state index is 0.431. The largest absolute Gasteiger partial charge is 0.444 e. The van der Waals surface area contributed by atoms with E-state index >= 15 is 0 Å². The average molecular weight is 216 g/mol. The van der Waals surface area contributed by atoms with E-state index in [1.165, 1.54) is 12.8 Å². The van der Waals surface area contributed by atoms with E-state index in [-0.39, 0.29) is 0 Å². The summed E-state index contributed by atoms with van der Waals surface area (Å²) in [7, 11) is 0. The Bertz CT molecular complexity index is 181. The molecule has 0 fully saturated rings. The highest BCUT2D eigenvalue weighted by Crippen LogP contribution is 2.18. The fraction of sp³-hybridized carbons (Fsp3) is 0.909. The number of ether oxygens (including phenoxy) is 1. The molecule has 0 heterocycles. The zero-order valence-electron chi connectivity index (χ0n) is 9.92. The normalized spacial score (nSPS) is 11.4. The van der Waals surface area contributed by atoms with Crippen LogP contribution in [0.1, 0.15) is 52.4 Å². The van der Waals surface area contributed by atoms with E-state index in [4.69, 9.17) is 16.2 Å². The van der Waals surface area contributed by atoms with Gasteiger partial charge in [0.05, 0.1) is 0 Å². The van der Waals surface area contributed by atoms with E-state index in [0.717, 1.165) is 32.2 Å². The Kier molecular flexibility index (Phi) is 7.13. The van der Waals surface area contributed by atoms with Gasteiger partial charge in [0.1, 0.15) is 5.60 Å². The maximum Gasteiger partial charge on any atom is 0.405 e. The van der Waals surface area contributed by atoms with Gasteiger partial charge in [-0.1, -0.05) is 19.3 Å². The summed E-state index contributed by atoms with van der Waals surface area (Å²) in [5.41, 5.74) is 9.94. The first-order valence-corrected chi connectivity index (χ1v) is 5.66. The molecular formula is C11H24N2O2. The van der Waals surface area contributed by atoms with Crippen LogP contribution < -0.4 is 11.5 Å². The molecule has 0 spiro atoms. The molecule has 0 aliphatic carbocycles. The van der Waals surface area contributed by atoms with Crippen molar-refractivity contribution in [2.75, 3.05) is 6.54 Å². The van der Waals surface area contributed by atoms with Crippen LogP contribution in [0.4, 0.5) is 4.79 Å². The van der Waals surface area contributed by atoms with Crippen molar-refractivity contribution in [2.45, 2.75) is 58.0 Å². The standard InChI is InChI=1S/C11H24N2O2/c1-11(2,15-10(13)14)8-6-4-3-5-7-9-12/h3-9,12H2,1-2H3,(H2,13,14). The lowest BCUT2D eigenvalue weighted by Crippen LogP contribution is -2.30. The Morgan fingerprint density at radius 1 is 1.13 bits per heavy atom. The third-order valence-electron chi connectivity index (χ3n) is 2.36. The van der Waals surface area contributed by atoms with Crippen molar-refractivity contribution in [1.29, 1.82) is 0 Å². The Morgan fingerprint density at radius 3 is 2.20 bits per heavy atom. The number of carbonyl (C=O) groups is 1. The van der Waals surface area contributed by atoms with Crippen molar-refractivity contribution in [2.24, 2.45) is 11.5 Å². The van der Waals surface area contributed by atoms with Crippen LogP contribution in [0.2, 0.25) is 0 Å². The van der Waals surface area contributed by atoms with Gasteiger partial charge in [-0.05, 0) is 39.7 Å². The lowest BCUT2D eigenvalue weighted by molar-refractivity contribution is 0.0372. The van der Waals surface area contributed by atoms with Gasteiger partial charge in [0.25, 0.3) is 0 Å². The molecule has 0 aromatic carbocycles. The van der Waals surface area contributed by atoms with Crippen LogP contribution in [0.5, 0.6) is 0 Å². The SMILES string of the molecule is CC(C)(CCCCCCCN)OC(N)=O. The number of carbonyl (C=O) groups excluding carboxylic acids is 1. The van der Waals surface area contributed by atoms with Crippen molar-refractivity contribution in [3.63, 3.8) is 0 Å². The molecule has 4 N–H and O–H groups in total. The maximum atomic E-state index is 10.6. The second-order valence-corrected chi connectivity index (χ2v) is 4.49. The first-order chi connectivity index (χ1) is 6.98.